The van der Waals surface area contributed by atoms with Crippen LogP contribution >= 0.6 is 39.1 Å². The van der Waals surface area contributed by atoms with E-state index in [1.54, 1.807) is 37.3 Å². The predicted octanol–water partition coefficient (Wildman–Crippen LogP) is 5.12. The lowest BCUT2D eigenvalue weighted by molar-refractivity contribution is 0.530. The van der Waals surface area contributed by atoms with E-state index in [-0.39, 0.29) is 5.02 Å². The molecule has 0 saturated carbocycles. The summed E-state index contributed by atoms with van der Waals surface area (Å²) in [5, 5.41) is 0.507. The minimum Gasteiger partial charge on any atom is -0.318 e. The van der Waals surface area contributed by atoms with Crippen LogP contribution in [0.5, 0.6) is 0 Å². The molecule has 5 heteroatoms. The molecule has 0 amide bonds. The highest BCUT2D eigenvalue weighted by atomic mass is 79.9. The van der Waals surface area contributed by atoms with E-state index < -0.39 is 11.4 Å². The summed E-state index contributed by atoms with van der Waals surface area (Å²) < 4.78 is 14.8. The van der Waals surface area contributed by atoms with Crippen molar-refractivity contribution in [2.45, 2.75) is 12.5 Å². The standard InChI is InChI=1S/C14H11BrCl2FN/c1-14(19,8-4-2-3-5-11(8)16)9-6-7-10(15)12(17)13(9)18/h2-7H,19H2,1H3. The molecule has 0 radical (unpaired) electrons. The van der Waals surface area contributed by atoms with Gasteiger partial charge in [0.1, 0.15) is 5.82 Å². The van der Waals surface area contributed by atoms with Crippen molar-refractivity contribution in [1.82, 2.24) is 0 Å². The minimum absolute atomic E-state index is 0.0150. The minimum atomic E-state index is -1.06. The van der Waals surface area contributed by atoms with Gasteiger partial charge in [-0.15, -0.1) is 0 Å². The zero-order chi connectivity index (χ0) is 14.2. The number of rotatable bonds is 2. The molecule has 0 aromatic heterocycles. The normalized spacial score (nSPS) is 14.2. The largest absolute Gasteiger partial charge is 0.318 e. The number of benzene rings is 2. The van der Waals surface area contributed by atoms with Crippen LogP contribution in [-0.4, -0.2) is 0 Å². The highest BCUT2D eigenvalue weighted by Gasteiger charge is 2.30. The van der Waals surface area contributed by atoms with Crippen LogP contribution in [0.15, 0.2) is 40.9 Å². The molecule has 2 N–H and O–H groups in total. The summed E-state index contributed by atoms with van der Waals surface area (Å²) in [5.41, 5.74) is 6.17. The third-order valence-corrected chi connectivity index (χ3v) is 4.62. The molecule has 0 spiro atoms. The Balaban J connectivity index is 2.64. The van der Waals surface area contributed by atoms with Crippen molar-refractivity contribution in [3.8, 4) is 0 Å². The van der Waals surface area contributed by atoms with E-state index in [0.29, 0.717) is 20.6 Å². The molecular formula is C14H11BrCl2FN. The van der Waals surface area contributed by atoms with Crippen LogP contribution in [0.1, 0.15) is 18.1 Å². The van der Waals surface area contributed by atoms with Crippen molar-refractivity contribution in [3.05, 3.63) is 67.9 Å². The van der Waals surface area contributed by atoms with Crippen LogP contribution in [0.2, 0.25) is 10.0 Å². The first-order chi connectivity index (χ1) is 8.85. The fraction of sp³-hybridized carbons (Fsp3) is 0.143. The van der Waals surface area contributed by atoms with Crippen molar-refractivity contribution < 1.29 is 4.39 Å². The maximum atomic E-state index is 14.3. The number of hydrogen-bond acceptors (Lipinski definition) is 1. The van der Waals surface area contributed by atoms with Crippen LogP contribution in [0.4, 0.5) is 4.39 Å². The second-order valence-electron chi connectivity index (χ2n) is 4.41. The quantitative estimate of drug-likeness (QED) is 0.737. The molecule has 0 fully saturated rings. The number of nitrogens with two attached hydrogens (primary N) is 1. The van der Waals surface area contributed by atoms with Crippen molar-refractivity contribution in [2.24, 2.45) is 5.73 Å². The fourth-order valence-electron chi connectivity index (χ4n) is 1.95. The van der Waals surface area contributed by atoms with Gasteiger partial charge in [0.05, 0.1) is 10.6 Å². The van der Waals surface area contributed by atoms with Gasteiger partial charge in [-0.2, -0.15) is 0 Å². The van der Waals surface area contributed by atoms with E-state index in [1.807, 2.05) is 6.07 Å². The molecule has 2 aromatic carbocycles. The monoisotopic (exact) mass is 361 g/mol. The molecule has 100 valence electrons. The Morgan fingerprint density at radius 1 is 1.11 bits per heavy atom. The van der Waals surface area contributed by atoms with Crippen molar-refractivity contribution in [1.29, 1.82) is 0 Å². The average molecular weight is 363 g/mol. The smallest absolute Gasteiger partial charge is 0.148 e. The molecule has 0 saturated heterocycles. The molecule has 0 heterocycles. The Hall–Kier alpha value is -0.610. The van der Waals surface area contributed by atoms with Gasteiger partial charge in [0.15, 0.2) is 0 Å². The Labute approximate surface area is 129 Å². The Bertz CT molecular complexity index is 629. The molecule has 1 unspecified atom stereocenters. The summed E-state index contributed by atoms with van der Waals surface area (Å²) in [7, 11) is 0. The fourth-order valence-corrected chi connectivity index (χ4v) is 2.76. The van der Waals surface area contributed by atoms with Crippen LogP contribution in [0.25, 0.3) is 0 Å². The molecule has 0 aliphatic carbocycles. The second-order valence-corrected chi connectivity index (χ2v) is 6.04. The lowest BCUT2D eigenvalue weighted by Crippen LogP contribution is -2.35. The highest BCUT2D eigenvalue weighted by Crippen LogP contribution is 2.37. The van der Waals surface area contributed by atoms with Crippen LogP contribution in [0, 0.1) is 5.82 Å². The first-order valence-corrected chi connectivity index (χ1v) is 7.08. The second kappa shape index (κ2) is 5.41. The third-order valence-electron chi connectivity index (χ3n) is 3.03. The zero-order valence-electron chi connectivity index (χ0n) is 10.1. The van der Waals surface area contributed by atoms with Gasteiger partial charge in [-0.05, 0) is 40.5 Å². The topological polar surface area (TPSA) is 26.0 Å². The predicted molar refractivity (Wildman–Crippen MR) is 81.2 cm³/mol. The zero-order valence-corrected chi connectivity index (χ0v) is 13.2. The molecule has 2 aromatic rings. The van der Waals surface area contributed by atoms with E-state index in [0.717, 1.165) is 0 Å². The number of halogens is 4. The molecule has 1 atom stereocenters. The van der Waals surface area contributed by atoms with E-state index in [4.69, 9.17) is 28.9 Å². The van der Waals surface area contributed by atoms with Crippen LogP contribution in [-0.2, 0) is 5.54 Å². The summed E-state index contributed by atoms with van der Waals surface area (Å²) in [6.07, 6.45) is 0. The first-order valence-electron chi connectivity index (χ1n) is 5.53. The summed E-state index contributed by atoms with van der Waals surface area (Å²) in [6.45, 7) is 1.71. The Kier molecular flexibility index (Phi) is 4.21. The summed E-state index contributed by atoms with van der Waals surface area (Å²) >= 11 is 15.2. The van der Waals surface area contributed by atoms with Gasteiger partial charge in [0, 0.05) is 15.1 Å². The molecule has 2 rings (SSSR count). The SMILES string of the molecule is CC(N)(c1ccccc1Cl)c1ccc(Br)c(Cl)c1F. The summed E-state index contributed by atoms with van der Waals surface area (Å²) in [5.74, 6) is -0.541. The maximum absolute atomic E-state index is 14.3. The van der Waals surface area contributed by atoms with Gasteiger partial charge < -0.3 is 5.73 Å². The van der Waals surface area contributed by atoms with Gasteiger partial charge in [0.2, 0.25) is 0 Å². The van der Waals surface area contributed by atoms with Gasteiger partial charge in [-0.25, -0.2) is 4.39 Å². The maximum Gasteiger partial charge on any atom is 0.148 e. The van der Waals surface area contributed by atoms with Crippen LogP contribution in [0.3, 0.4) is 0 Å². The molecule has 1 nitrogen and oxygen atoms in total. The molecule has 0 aliphatic rings. The summed E-state index contributed by atoms with van der Waals surface area (Å²) in [4.78, 5) is 0. The van der Waals surface area contributed by atoms with E-state index in [1.165, 1.54) is 0 Å². The first kappa shape index (κ1) is 14.8. The van der Waals surface area contributed by atoms with E-state index >= 15 is 0 Å². The molecule has 0 bridgehead atoms. The van der Waals surface area contributed by atoms with Gasteiger partial charge in [-0.1, -0.05) is 47.5 Å². The average Bonchev–Trinajstić information content (AvgIpc) is 2.36. The van der Waals surface area contributed by atoms with Crippen molar-refractivity contribution in [2.75, 3.05) is 0 Å². The number of hydrogen-bond donors (Lipinski definition) is 1. The van der Waals surface area contributed by atoms with E-state index in [2.05, 4.69) is 15.9 Å². The molecular weight excluding hydrogens is 352 g/mol. The summed E-state index contributed by atoms with van der Waals surface area (Å²) in [6, 6.07) is 10.4. The Morgan fingerprint density at radius 2 is 1.74 bits per heavy atom. The van der Waals surface area contributed by atoms with Gasteiger partial charge in [-0.3, -0.25) is 0 Å². The van der Waals surface area contributed by atoms with Gasteiger partial charge in [0.25, 0.3) is 0 Å². The lowest BCUT2D eigenvalue weighted by atomic mass is 9.85. The lowest BCUT2D eigenvalue weighted by Gasteiger charge is -2.27. The van der Waals surface area contributed by atoms with Crippen molar-refractivity contribution >= 4 is 39.1 Å². The molecule has 0 aliphatic heterocycles. The Morgan fingerprint density at radius 3 is 2.37 bits per heavy atom. The van der Waals surface area contributed by atoms with Gasteiger partial charge >= 0.3 is 0 Å². The third kappa shape index (κ3) is 2.65. The van der Waals surface area contributed by atoms with Crippen molar-refractivity contribution in [3.63, 3.8) is 0 Å². The highest BCUT2D eigenvalue weighted by molar-refractivity contribution is 9.10. The van der Waals surface area contributed by atoms with E-state index in [9.17, 15) is 4.39 Å². The van der Waals surface area contributed by atoms with Crippen LogP contribution < -0.4 is 5.73 Å². The molecule has 19 heavy (non-hydrogen) atoms.